The molecular formula is C16H16Cl2N2OS. The minimum Gasteiger partial charge on any atom is -0.325 e. The summed E-state index contributed by atoms with van der Waals surface area (Å²) in [5.41, 5.74) is 1.63. The number of anilines is 1. The van der Waals surface area contributed by atoms with Crippen molar-refractivity contribution in [2.45, 2.75) is 12.8 Å². The lowest BCUT2D eigenvalue weighted by molar-refractivity contribution is -0.115. The summed E-state index contributed by atoms with van der Waals surface area (Å²) in [4.78, 5) is 16.1. The van der Waals surface area contributed by atoms with Crippen molar-refractivity contribution in [2.24, 2.45) is 0 Å². The van der Waals surface area contributed by atoms with Crippen LogP contribution in [-0.2, 0) is 11.2 Å². The molecule has 2 aromatic rings. The van der Waals surface area contributed by atoms with Gasteiger partial charge in [0.2, 0.25) is 5.91 Å². The largest absolute Gasteiger partial charge is 0.325 e. The van der Waals surface area contributed by atoms with Crippen LogP contribution in [0.25, 0.3) is 0 Å². The number of aromatic nitrogens is 1. The van der Waals surface area contributed by atoms with Gasteiger partial charge < -0.3 is 5.32 Å². The quantitative estimate of drug-likeness (QED) is 0.733. The highest BCUT2D eigenvalue weighted by atomic mass is 35.5. The van der Waals surface area contributed by atoms with Crippen LogP contribution in [0.3, 0.4) is 0 Å². The Morgan fingerprint density at radius 2 is 2.05 bits per heavy atom. The summed E-state index contributed by atoms with van der Waals surface area (Å²) in [7, 11) is 0. The minimum absolute atomic E-state index is 0.0606. The molecule has 1 aromatic carbocycles. The number of pyridine rings is 1. The Morgan fingerprint density at radius 3 is 2.82 bits per heavy atom. The molecule has 1 amide bonds. The summed E-state index contributed by atoms with van der Waals surface area (Å²) in [6, 6.07) is 10.9. The molecule has 22 heavy (non-hydrogen) atoms. The first kappa shape index (κ1) is 17.1. The molecule has 1 aromatic heterocycles. The van der Waals surface area contributed by atoms with Crippen LogP contribution in [0.2, 0.25) is 10.0 Å². The van der Waals surface area contributed by atoms with Gasteiger partial charge in [-0.05, 0) is 42.5 Å². The second-order valence-electron chi connectivity index (χ2n) is 4.61. The topological polar surface area (TPSA) is 42.0 Å². The molecule has 1 heterocycles. The van der Waals surface area contributed by atoms with E-state index < -0.39 is 0 Å². The number of rotatable bonds is 7. The maximum absolute atomic E-state index is 11.9. The lowest BCUT2D eigenvalue weighted by atomic mass is 10.3. The Morgan fingerprint density at radius 1 is 1.18 bits per heavy atom. The Kier molecular flexibility index (Phi) is 7.03. The number of carbonyl (C=O) groups excluding carboxylic acids is 1. The van der Waals surface area contributed by atoms with Crippen molar-refractivity contribution in [1.82, 2.24) is 4.98 Å². The van der Waals surface area contributed by atoms with Crippen molar-refractivity contribution in [1.29, 1.82) is 0 Å². The maximum Gasteiger partial charge on any atom is 0.225 e. The van der Waals surface area contributed by atoms with Crippen LogP contribution in [0.4, 0.5) is 5.69 Å². The van der Waals surface area contributed by atoms with E-state index in [-0.39, 0.29) is 5.91 Å². The fraction of sp³-hybridized carbons (Fsp3) is 0.250. The summed E-state index contributed by atoms with van der Waals surface area (Å²) >= 11 is 13.6. The zero-order chi connectivity index (χ0) is 15.8. The van der Waals surface area contributed by atoms with Gasteiger partial charge in [0.25, 0.3) is 0 Å². The number of benzene rings is 1. The predicted octanol–water partition coefficient (Wildman–Crippen LogP) is 4.69. The minimum atomic E-state index is -0.0606. The number of carbonyl (C=O) groups is 1. The third-order valence-electron chi connectivity index (χ3n) is 2.90. The first-order valence-electron chi connectivity index (χ1n) is 6.88. The molecule has 0 aliphatic rings. The number of nitrogens with one attached hydrogen (secondary N) is 1. The molecule has 0 fully saturated rings. The van der Waals surface area contributed by atoms with E-state index in [2.05, 4.69) is 10.3 Å². The molecule has 0 saturated carbocycles. The molecule has 3 nitrogen and oxygen atoms in total. The molecule has 0 atom stereocenters. The second-order valence-corrected chi connectivity index (χ2v) is 6.67. The predicted molar refractivity (Wildman–Crippen MR) is 95.0 cm³/mol. The van der Waals surface area contributed by atoms with Crippen molar-refractivity contribution < 1.29 is 4.79 Å². The van der Waals surface area contributed by atoms with E-state index in [0.717, 1.165) is 23.6 Å². The van der Waals surface area contributed by atoms with E-state index >= 15 is 0 Å². The van der Waals surface area contributed by atoms with Crippen molar-refractivity contribution in [3.8, 4) is 0 Å². The molecule has 0 aliphatic carbocycles. The van der Waals surface area contributed by atoms with Gasteiger partial charge in [0.1, 0.15) is 0 Å². The van der Waals surface area contributed by atoms with Gasteiger partial charge in [-0.2, -0.15) is 11.8 Å². The zero-order valence-electron chi connectivity index (χ0n) is 11.9. The van der Waals surface area contributed by atoms with Gasteiger partial charge in [0, 0.05) is 29.1 Å². The van der Waals surface area contributed by atoms with Crippen LogP contribution in [0.1, 0.15) is 12.1 Å². The first-order chi connectivity index (χ1) is 10.6. The van der Waals surface area contributed by atoms with Crippen LogP contribution in [0.5, 0.6) is 0 Å². The fourth-order valence-electron chi connectivity index (χ4n) is 1.80. The smallest absolute Gasteiger partial charge is 0.225 e. The van der Waals surface area contributed by atoms with Gasteiger partial charge in [-0.1, -0.05) is 29.3 Å². The van der Waals surface area contributed by atoms with E-state index in [1.54, 1.807) is 36.2 Å². The Hall–Kier alpha value is -1.23. The van der Waals surface area contributed by atoms with Crippen LogP contribution < -0.4 is 5.32 Å². The monoisotopic (exact) mass is 354 g/mol. The maximum atomic E-state index is 11.9. The first-order valence-corrected chi connectivity index (χ1v) is 8.79. The van der Waals surface area contributed by atoms with Gasteiger partial charge in [0.15, 0.2) is 0 Å². The molecule has 0 saturated heterocycles. The third kappa shape index (κ3) is 5.87. The lowest BCUT2D eigenvalue weighted by Crippen LogP contribution is -2.12. The van der Waals surface area contributed by atoms with E-state index in [0.29, 0.717) is 22.2 Å². The van der Waals surface area contributed by atoms with Crippen LogP contribution in [-0.4, -0.2) is 22.4 Å². The molecule has 0 bridgehead atoms. The molecule has 0 spiro atoms. The number of aryl methyl sites for hydroxylation is 1. The molecule has 6 heteroatoms. The number of hydrogen-bond acceptors (Lipinski definition) is 3. The summed E-state index contributed by atoms with van der Waals surface area (Å²) < 4.78 is 0. The number of halogens is 2. The van der Waals surface area contributed by atoms with Crippen LogP contribution in [0, 0.1) is 0 Å². The summed E-state index contributed by atoms with van der Waals surface area (Å²) in [5, 5.41) is 3.81. The van der Waals surface area contributed by atoms with Crippen molar-refractivity contribution >= 4 is 46.6 Å². The molecule has 1 N–H and O–H groups in total. The fourth-order valence-corrected chi connectivity index (χ4v) is 3.02. The highest BCUT2D eigenvalue weighted by Gasteiger charge is 2.06. The highest BCUT2D eigenvalue weighted by Crippen LogP contribution is 2.25. The Labute approximate surface area is 144 Å². The molecule has 2 rings (SSSR count). The zero-order valence-corrected chi connectivity index (χ0v) is 14.2. The lowest BCUT2D eigenvalue weighted by Gasteiger charge is -2.07. The summed E-state index contributed by atoms with van der Waals surface area (Å²) in [6.45, 7) is 0. The number of nitrogens with zero attached hydrogens (tertiary/aromatic N) is 1. The molecule has 0 radical (unpaired) electrons. The third-order valence-corrected chi connectivity index (χ3v) is 4.45. The van der Waals surface area contributed by atoms with E-state index in [1.807, 2.05) is 18.2 Å². The number of hydrogen-bond donors (Lipinski definition) is 1. The SMILES string of the molecule is O=C(CCSCCc1ccccn1)Nc1cc(Cl)ccc1Cl. The number of amides is 1. The van der Waals surface area contributed by atoms with E-state index in [1.165, 1.54) is 0 Å². The molecule has 0 aliphatic heterocycles. The van der Waals surface area contributed by atoms with Crippen LogP contribution >= 0.6 is 35.0 Å². The average Bonchev–Trinajstić information content (AvgIpc) is 2.51. The number of thioether (sulfide) groups is 1. The van der Waals surface area contributed by atoms with E-state index in [4.69, 9.17) is 23.2 Å². The molecular weight excluding hydrogens is 339 g/mol. The van der Waals surface area contributed by atoms with Gasteiger partial charge in [-0.15, -0.1) is 0 Å². The van der Waals surface area contributed by atoms with Crippen molar-refractivity contribution in [3.05, 3.63) is 58.3 Å². The van der Waals surface area contributed by atoms with Gasteiger partial charge in [-0.25, -0.2) is 0 Å². The van der Waals surface area contributed by atoms with Gasteiger partial charge >= 0.3 is 0 Å². The Balaban J connectivity index is 1.66. The van der Waals surface area contributed by atoms with Crippen molar-refractivity contribution in [3.63, 3.8) is 0 Å². The van der Waals surface area contributed by atoms with E-state index in [9.17, 15) is 4.79 Å². The van der Waals surface area contributed by atoms with Gasteiger partial charge in [-0.3, -0.25) is 9.78 Å². The van der Waals surface area contributed by atoms with Crippen LogP contribution in [0.15, 0.2) is 42.6 Å². The Bertz CT molecular complexity index is 623. The molecule has 0 unspecified atom stereocenters. The standard InChI is InChI=1S/C16H16Cl2N2OS/c17-12-4-5-14(18)15(11-12)20-16(21)7-10-22-9-6-13-3-1-2-8-19-13/h1-5,8,11H,6-7,9-10H2,(H,20,21). The van der Waals surface area contributed by atoms with Gasteiger partial charge in [0.05, 0.1) is 10.7 Å². The summed E-state index contributed by atoms with van der Waals surface area (Å²) in [5.74, 6) is 1.65. The molecule has 116 valence electrons. The summed E-state index contributed by atoms with van der Waals surface area (Å²) in [6.07, 6.45) is 3.14. The second kappa shape index (κ2) is 9.03. The normalized spacial score (nSPS) is 10.5. The van der Waals surface area contributed by atoms with Crippen molar-refractivity contribution in [2.75, 3.05) is 16.8 Å². The average molecular weight is 355 g/mol. The highest BCUT2D eigenvalue weighted by molar-refractivity contribution is 7.99.